The van der Waals surface area contributed by atoms with Crippen molar-refractivity contribution < 1.29 is 14.7 Å². The van der Waals surface area contributed by atoms with Crippen LogP contribution in [0.2, 0.25) is 0 Å². The van der Waals surface area contributed by atoms with Crippen molar-refractivity contribution in [3.63, 3.8) is 0 Å². The number of allylic oxidation sites excluding steroid dienone is 1. The maximum atomic E-state index is 12.0. The van der Waals surface area contributed by atoms with E-state index in [0.29, 0.717) is 0 Å². The number of hydrogen-bond donors (Lipinski definition) is 1. The summed E-state index contributed by atoms with van der Waals surface area (Å²) >= 11 is 0. The van der Waals surface area contributed by atoms with Crippen LogP contribution in [0, 0.1) is 0 Å². The Labute approximate surface area is 102 Å². The predicted molar refractivity (Wildman–Crippen MR) is 65.7 cm³/mol. The molecule has 0 aliphatic heterocycles. The quantitative estimate of drug-likeness (QED) is 0.765. The molecule has 0 saturated heterocycles. The molecule has 0 unspecified atom stereocenters. The normalized spacial score (nSPS) is 16.4. The summed E-state index contributed by atoms with van der Waals surface area (Å²) in [6.45, 7) is 3.50. The summed E-state index contributed by atoms with van der Waals surface area (Å²) in [6.07, 6.45) is 6.74. The fraction of sp³-hybridized carbons (Fsp3) is 0.692. The first-order valence-corrected chi connectivity index (χ1v) is 6.18. The van der Waals surface area contributed by atoms with Crippen LogP contribution in [0.3, 0.4) is 0 Å². The van der Waals surface area contributed by atoms with Crippen molar-refractivity contribution in [3.8, 4) is 0 Å². The van der Waals surface area contributed by atoms with Crippen LogP contribution in [0.1, 0.15) is 46.0 Å². The third-order valence-electron chi connectivity index (χ3n) is 3.02. The van der Waals surface area contributed by atoms with Crippen LogP contribution in [-0.4, -0.2) is 34.5 Å². The molecule has 0 spiro atoms. The highest BCUT2D eigenvalue weighted by Crippen LogP contribution is 2.22. The summed E-state index contributed by atoms with van der Waals surface area (Å²) < 4.78 is 0. The molecule has 0 bridgehead atoms. The summed E-state index contributed by atoms with van der Waals surface area (Å²) in [6, 6.07) is 0.1000. The first-order chi connectivity index (χ1) is 8.00. The average Bonchev–Trinajstić information content (AvgIpc) is 2.25. The molecular weight excluding hydrogens is 218 g/mol. The molecular formula is C13H21NO3. The second-order valence-corrected chi connectivity index (χ2v) is 4.87. The molecule has 1 saturated carbocycles. The molecule has 0 atom stereocenters. The molecule has 0 heterocycles. The smallest absolute Gasteiger partial charge is 0.323 e. The van der Waals surface area contributed by atoms with Gasteiger partial charge in [-0.1, -0.05) is 24.8 Å². The van der Waals surface area contributed by atoms with Crippen molar-refractivity contribution in [2.75, 3.05) is 6.54 Å². The highest BCUT2D eigenvalue weighted by molar-refractivity contribution is 5.90. The van der Waals surface area contributed by atoms with Gasteiger partial charge < -0.3 is 10.0 Å². The van der Waals surface area contributed by atoms with Gasteiger partial charge in [0.2, 0.25) is 5.91 Å². The topological polar surface area (TPSA) is 57.6 Å². The molecule has 0 aromatic carbocycles. The van der Waals surface area contributed by atoms with Crippen LogP contribution >= 0.6 is 0 Å². The largest absolute Gasteiger partial charge is 0.480 e. The number of carbonyl (C=O) groups is 2. The van der Waals surface area contributed by atoms with Crippen molar-refractivity contribution in [1.29, 1.82) is 0 Å². The van der Waals surface area contributed by atoms with E-state index in [1.54, 1.807) is 0 Å². The summed E-state index contributed by atoms with van der Waals surface area (Å²) in [5, 5.41) is 8.88. The van der Waals surface area contributed by atoms with Gasteiger partial charge in [0.1, 0.15) is 6.54 Å². The predicted octanol–water partition coefficient (Wildman–Crippen LogP) is 2.20. The van der Waals surface area contributed by atoms with E-state index < -0.39 is 5.97 Å². The van der Waals surface area contributed by atoms with E-state index in [0.717, 1.165) is 31.3 Å². The lowest BCUT2D eigenvalue weighted by atomic mass is 9.94. The highest BCUT2D eigenvalue weighted by atomic mass is 16.4. The molecule has 4 heteroatoms. The van der Waals surface area contributed by atoms with Crippen LogP contribution in [0.5, 0.6) is 0 Å². The minimum atomic E-state index is -0.939. The van der Waals surface area contributed by atoms with Gasteiger partial charge in [0.25, 0.3) is 0 Å². The first kappa shape index (κ1) is 13.7. The minimum absolute atomic E-state index is 0.1000. The Bertz CT molecular complexity index is 313. The fourth-order valence-corrected chi connectivity index (χ4v) is 2.26. The Morgan fingerprint density at radius 3 is 2.29 bits per heavy atom. The third-order valence-corrected chi connectivity index (χ3v) is 3.02. The molecule has 0 radical (unpaired) electrons. The molecule has 1 aliphatic rings. The lowest BCUT2D eigenvalue weighted by molar-refractivity contribution is -0.144. The van der Waals surface area contributed by atoms with Crippen LogP contribution < -0.4 is 0 Å². The van der Waals surface area contributed by atoms with Gasteiger partial charge in [-0.15, -0.1) is 0 Å². The number of rotatable bonds is 4. The SMILES string of the molecule is CC(C)=CC(=O)N(CC(=O)O)C1CCCCC1. The number of carbonyl (C=O) groups excluding carboxylic acids is 1. The Hall–Kier alpha value is -1.32. The molecule has 17 heavy (non-hydrogen) atoms. The van der Waals surface area contributed by atoms with E-state index in [1.165, 1.54) is 17.4 Å². The van der Waals surface area contributed by atoms with Crippen LogP contribution in [0.4, 0.5) is 0 Å². The van der Waals surface area contributed by atoms with Gasteiger partial charge in [0, 0.05) is 12.1 Å². The number of carboxylic acids is 1. The summed E-state index contributed by atoms with van der Waals surface area (Å²) in [5.41, 5.74) is 0.904. The lowest BCUT2D eigenvalue weighted by Gasteiger charge is -2.32. The Morgan fingerprint density at radius 2 is 1.82 bits per heavy atom. The van der Waals surface area contributed by atoms with Gasteiger partial charge in [0.05, 0.1) is 0 Å². The van der Waals surface area contributed by atoms with Crippen LogP contribution in [-0.2, 0) is 9.59 Å². The van der Waals surface area contributed by atoms with E-state index in [2.05, 4.69) is 0 Å². The number of nitrogens with zero attached hydrogens (tertiary/aromatic N) is 1. The van der Waals surface area contributed by atoms with Gasteiger partial charge in [-0.3, -0.25) is 9.59 Å². The van der Waals surface area contributed by atoms with E-state index in [1.807, 2.05) is 13.8 Å². The first-order valence-electron chi connectivity index (χ1n) is 6.18. The standard InChI is InChI=1S/C13H21NO3/c1-10(2)8-12(15)14(9-13(16)17)11-6-4-3-5-7-11/h8,11H,3-7,9H2,1-2H3,(H,16,17). The third kappa shape index (κ3) is 4.59. The van der Waals surface area contributed by atoms with Crippen LogP contribution in [0.25, 0.3) is 0 Å². The molecule has 0 aromatic heterocycles. The lowest BCUT2D eigenvalue weighted by Crippen LogP contribution is -2.43. The van der Waals surface area contributed by atoms with Gasteiger partial charge in [-0.05, 0) is 26.7 Å². The molecule has 1 amide bonds. The van der Waals surface area contributed by atoms with Crippen LogP contribution in [0.15, 0.2) is 11.6 Å². The average molecular weight is 239 g/mol. The maximum Gasteiger partial charge on any atom is 0.323 e. The molecule has 1 aliphatic carbocycles. The van der Waals surface area contributed by atoms with Crippen molar-refractivity contribution in [2.24, 2.45) is 0 Å². The number of hydrogen-bond acceptors (Lipinski definition) is 2. The molecule has 4 nitrogen and oxygen atoms in total. The van der Waals surface area contributed by atoms with Crippen molar-refractivity contribution in [2.45, 2.75) is 52.0 Å². The van der Waals surface area contributed by atoms with E-state index in [-0.39, 0.29) is 18.5 Å². The zero-order chi connectivity index (χ0) is 12.8. The van der Waals surface area contributed by atoms with Gasteiger partial charge in [-0.25, -0.2) is 0 Å². The Kier molecular flexibility index (Phi) is 5.19. The van der Waals surface area contributed by atoms with E-state index in [9.17, 15) is 9.59 Å². The zero-order valence-electron chi connectivity index (χ0n) is 10.6. The van der Waals surface area contributed by atoms with Gasteiger partial charge in [0.15, 0.2) is 0 Å². The van der Waals surface area contributed by atoms with Gasteiger partial charge >= 0.3 is 5.97 Å². The maximum absolute atomic E-state index is 12.0. The second-order valence-electron chi connectivity index (χ2n) is 4.87. The van der Waals surface area contributed by atoms with Gasteiger partial charge in [-0.2, -0.15) is 0 Å². The summed E-state index contributed by atoms with van der Waals surface area (Å²) in [4.78, 5) is 24.3. The monoisotopic (exact) mass is 239 g/mol. The summed E-state index contributed by atoms with van der Waals surface area (Å²) in [5.74, 6) is -1.11. The zero-order valence-corrected chi connectivity index (χ0v) is 10.6. The molecule has 1 rings (SSSR count). The Balaban J connectivity index is 2.74. The molecule has 1 fully saturated rings. The molecule has 96 valence electrons. The summed E-state index contributed by atoms with van der Waals surface area (Å²) in [7, 11) is 0. The van der Waals surface area contributed by atoms with E-state index >= 15 is 0 Å². The molecule has 0 aromatic rings. The van der Waals surface area contributed by atoms with Crippen molar-refractivity contribution >= 4 is 11.9 Å². The van der Waals surface area contributed by atoms with Crippen molar-refractivity contribution in [1.82, 2.24) is 4.90 Å². The number of amides is 1. The number of carboxylic acid groups (broad SMARTS) is 1. The fourth-order valence-electron chi connectivity index (χ4n) is 2.26. The highest BCUT2D eigenvalue weighted by Gasteiger charge is 2.25. The van der Waals surface area contributed by atoms with Crippen molar-refractivity contribution in [3.05, 3.63) is 11.6 Å². The second kappa shape index (κ2) is 6.42. The number of aliphatic carboxylic acids is 1. The molecule has 1 N–H and O–H groups in total. The minimum Gasteiger partial charge on any atom is -0.480 e. The van der Waals surface area contributed by atoms with E-state index in [4.69, 9.17) is 5.11 Å². The Morgan fingerprint density at radius 1 is 1.24 bits per heavy atom.